The molecule has 0 amide bonds. The molecule has 1 rings (SSSR count). The standard InChI is InChI=1S/C14H21NO/c1-4-5-9-14(16)11-15(3)13-8-6-7-12(2)10-13/h4,6-8,10,14,16H,1,5,9,11H2,2-3H3. The summed E-state index contributed by atoms with van der Waals surface area (Å²) in [6.07, 6.45) is 3.20. The topological polar surface area (TPSA) is 23.5 Å². The van der Waals surface area contributed by atoms with Crippen molar-refractivity contribution < 1.29 is 5.11 Å². The lowest BCUT2D eigenvalue weighted by Gasteiger charge is -2.22. The number of hydrogen-bond donors (Lipinski definition) is 1. The lowest BCUT2D eigenvalue weighted by atomic mass is 10.1. The second-order valence-electron chi connectivity index (χ2n) is 4.24. The van der Waals surface area contributed by atoms with Gasteiger partial charge in [0.05, 0.1) is 6.10 Å². The maximum absolute atomic E-state index is 9.79. The minimum absolute atomic E-state index is 0.288. The molecule has 0 aromatic heterocycles. The molecule has 0 saturated heterocycles. The smallest absolute Gasteiger partial charge is 0.0717 e. The first-order valence-electron chi connectivity index (χ1n) is 5.70. The van der Waals surface area contributed by atoms with Crippen LogP contribution in [-0.4, -0.2) is 24.8 Å². The third-order valence-corrected chi connectivity index (χ3v) is 2.63. The van der Waals surface area contributed by atoms with Gasteiger partial charge < -0.3 is 10.0 Å². The monoisotopic (exact) mass is 219 g/mol. The number of allylic oxidation sites excluding steroid dienone is 1. The largest absolute Gasteiger partial charge is 0.391 e. The van der Waals surface area contributed by atoms with Crippen molar-refractivity contribution in [3.05, 3.63) is 42.5 Å². The highest BCUT2D eigenvalue weighted by molar-refractivity contribution is 5.47. The van der Waals surface area contributed by atoms with Gasteiger partial charge in [0.25, 0.3) is 0 Å². The van der Waals surface area contributed by atoms with Crippen LogP contribution in [0.2, 0.25) is 0 Å². The summed E-state index contributed by atoms with van der Waals surface area (Å²) in [5, 5.41) is 9.79. The van der Waals surface area contributed by atoms with Crippen molar-refractivity contribution in [1.82, 2.24) is 0 Å². The molecule has 0 spiro atoms. The second-order valence-corrected chi connectivity index (χ2v) is 4.24. The number of benzene rings is 1. The van der Waals surface area contributed by atoms with Crippen molar-refractivity contribution in [2.75, 3.05) is 18.5 Å². The first-order valence-corrected chi connectivity index (χ1v) is 5.70. The number of aliphatic hydroxyl groups is 1. The molecule has 1 aromatic rings. The predicted octanol–water partition coefficient (Wildman–Crippen LogP) is 2.76. The van der Waals surface area contributed by atoms with Crippen LogP contribution in [0.25, 0.3) is 0 Å². The number of likely N-dealkylation sites (N-methyl/N-ethyl adjacent to an activating group) is 1. The van der Waals surface area contributed by atoms with E-state index < -0.39 is 0 Å². The van der Waals surface area contributed by atoms with Crippen molar-refractivity contribution >= 4 is 5.69 Å². The van der Waals surface area contributed by atoms with Crippen LogP contribution in [0.5, 0.6) is 0 Å². The van der Waals surface area contributed by atoms with Gasteiger partial charge in [-0.25, -0.2) is 0 Å². The van der Waals surface area contributed by atoms with Crippen molar-refractivity contribution in [3.8, 4) is 0 Å². The van der Waals surface area contributed by atoms with E-state index in [4.69, 9.17) is 0 Å². The molecule has 0 heterocycles. The quantitative estimate of drug-likeness (QED) is 0.744. The van der Waals surface area contributed by atoms with Crippen molar-refractivity contribution in [2.45, 2.75) is 25.9 Å². The van der Waals surface area contributed by atoms with Crippen LogP contribution in [0.4, 0.5) is 5.69 Å². The van der Waals surface area contributed by atoms with E-state index in [9.17, 15) is 5.11 Å². The van der Waals surface area contributed by atoms with Crippen molar-refractivity contribution in [2.24, 2.45) is 0 Å². The van der Waals surface area contributed by atoms with Gasteiger partial charge in [-0.05, 0) is 37.5 Å². The van der Waals surface area contributed by atoms with E-state index in [1.165, 1.54) is 5.56 Å². The summed E-state index contributed by atoms with van der Waals surface area (Å²) in [6.45, 7) is 6.40. The van der Waals surface area contributed by atoms with E-state index in [0.29, 0.717) is 6.54 Å². The Morgan fingerprint density at radius 3 is 2.88 bits per heavy atom. The van der Waals surface area contributed by atoms with Crippen LogP contribution in [0.15, 0.2) is 36.9 Å². The molecule has 88 valence electrons. The van der Waals surface area contributed by atoms with Gasteiger partial charge in [-0.2, -0.15) is 0 Å². The normalized spacial score (nSPS) is 12.2. The highest BCUT2D eigenvalue weighted by Crippen LogP contribution is 2.15. The summed E-state index contributed by atoms with van der Waals surface area (Å²) in [5.41, 5.74) is 2.39. The van der Waals surface area contributed by atoms with Gasteiger partial charge in [-0.15, -0.1) is 6.58 Å². The summed E-state index contributed by atoms with van der Waals surface area (Å²) < 4.78 is 0. The Bertz CT molecular complexity index is 335. The number of aryl methyl sites for hydroxylation is 1. The molecule has 0 fully saturated rings. The third kappa shape index (κ3) is 4.07. The van der Waals surface area contributed by atoms with E-state index in [-0.39, 0.29) is 6.10 Å². The zero-order chi connectivity index (χ0) is 12.0. The SMILES string of the molecule is C=CCCC(O)CN(C)c1cccc(C)c1. The number of anilines is 1. The zero-order valence-electron chi connectivity index (χ0n) is 10.2. The van der Waals surface area contributed by atoms with Gasteiger partial charge >= 0.3 is 0 Å². The van der Waals surface area contributed by atoms with Gasteiger partial charge in [-0.3, -0.25) is 0 Å². The van der Waals surface area contributed by atoms with Crippen LogP contribution < -0.4 is 4.90 Å². The van der Waals surface area contributed by atoms with Gasteiger partial charge in [-0.1, -0.05) is 18.2 Å². The molecule has 1 unspecified atom stereocenters. The zero-order valence-corrected chi connectivity index (χ0v) is 10.2. The lowest BCUT2D eigenvalue weighted by Crippen LogP contribution is -2.28. The van der Waals surface area contributed by atoms with Crippen molar-refractivity contribution in [3.63, 3.8) is 0 Å². The summed E-state index contributed by atoms with van der Waals surface area (Å²) in [4.78, 5) is 2.08. The number of hydrogen-bond acceptors (Lipinski definition) is 2. The molecule has 2 heteroatoms. The summed E-state index contributed by atoms with van der Waals surface area (Å²) >= 11 is 0. The van der Waals surface area contributed by atoms with Crippen molar-refractivity contribution in [1.29, 1.82) is 0 Å². The lowest BCUT2D eigenvalue weighted by molar-refractivity contribution is 0.172. The molecule has 0 aliphatic carbocycles. The molecule has 0 bridgehead atoms. The molecule has 16 heavy (non-hydrogen) atoms. The highest BCUT2D eigenvalue weighted by Gasteiger charge is 2.07. The minimum Gasteiger partial charge on any atom is -0.391 e. The predicted molar refractivity (Wildman–Crippen MR) is 69.9 cm³/mol. The molecule has 1 aromatic carbocycles. The summed E-state index contributed by atoms with van der Waals surface area (Å²) in [5.74, 6) is 0. The second kappa shape index (κ2) is 6.33. The molecule has 0 radical (unpaired) electrons. The fourth-order valence-corrected chi connectivity index (χ4v) is 1.69. The fraction of sp³-hybridized carbons (Fsp3) is 0.429. The average Bonchev–Trinajstić information content (AvgIpc) is 2.26. The number of nitrogens with zero attached hydrogens (tertiary/aromatic N) is 1. The van der Waals surface area contributed by atoms with Crippen LogP contribution >= 0.6 is 0 Å². The Labute approximate surface area is 98.2 Å². The fourth-order valence-electron chi connectivity index (χ4n) is 1.69. The molecule has 2 nitrogen and oxygen atoms in total. The third-order valence-electron chi connectivity index (χ3n) is 2.63. The average molecular weight is 219 g/mol. The Morgan fingerprint density at radius 2 is 2.25 bits per heavy atom. The number of aliphatic hydroxyl groups excluding tert-OH is 1. The molecule has 0 aliphatic heterocycles. The molecule has 0 saturated carbocycles. The Hall–Kier alpha value is -1.28. The van der Waals surface area contributed by atoms with Crippen LogP contribution in [0.1, 0.15) is 18.4 Å². The Morgan fingerprint density at radius 1 is 1.50 bits per heavy atom. The first-order chi connectivity index (χ1) is 7.63. The van der Waals surface area contributed by atoms with Gasteiger partial charge in [0.1, 0.15) is 0 Å². The first kappa shape index (κ1) is 12.8. The molecular formula is C14H21NO. The Balaban J connectivity index is 2.51. The summed E-state index contributed by atoms with van der Waals surface area (Å²) in [6, 6.07) is 8.30. The molecule has 1 N–H and O–H groups in total. The Kier molecular flexibility index (Phi) is 5.06. The number of rotatable bonds is 6. The van der Waals surface area contributed by atoms with E-state index in [1.54, 1.807) is 0 Å². The van der Waals surface area contributed by atoms with Gasteiger partial charge in [0.15, 0.2) is 0 Å². The van der Waals surface area contributed by atoms with Crippen LogP contribution in [0.3, 0.4) is 0 Å². The molecule has 1 atom stereocenters. The van der Waals surface area contributed by atoms with E-state index in [2.05, 4.69) is 36.6 Å². The van der Waals surface area contributed by atoms with Gasteiger partial charge in [0.2, 0.25) is 0 Å². The minimum atomic E-state index is -0.288. The highest BCUT2D eigenvalue weighted by atomic mass is 16.3. The van der Waals surface area contributed by atoms with Gasteiger partial charge in [0, 0.05) is 19.3 Å². The van der Waals surface area contributed by atoms with E-state index in [0.717, 1.165) is 18.5 Å². The maximum atomic E-state index is 9.79. The molecular weight excluding hydrogens is 198 g/mol. The van der Waals surface area contributed by atoms with E-state index in [1.807, 2.05) is 19.2 Å². The molecule has 0 aliphatic rings. The summed E-state index contributed by atoms with van der Waals surface area (Å²) in [7, 11) is 2.01. The van der Waals surface area contributed by atoms with Crippen LogP contribution in [-0.2, 0) is 0 Å². The maximum Gasteiger partial charge on any atom is 0.0717 e. The van der Waals surface area contributed by atoms with E-state index >= 15 is 0 Å². The van der Waals surface area contributed by atoms with Crippen LogP contribution in [0, 0.1) is 6.92 Å².